The molecule has 0 saturated carbocycles. The Morgan fingerprint density at radius 2 is 1.79 bits per heavy atom. The molecular weight excluding hydrogens is 306 g/mol. The molecule has 130 valence electrons. The third-order valence-corrected chi connectivity index (χ3v) is 4.29. The molecule has 1 aromatic rings. The van der Waals surface area contributed by atoms with E-state index in [2.05, 4.69) is 22.8 Å². The molecule has 1 aromatic carbocycles. The fraction of sp³-hybridized carbons (Fsp3) is 0.500. The van der Waals surface area contributed by atoms with E-state index in [0.29, 0.717) is 12.5 Å². The molecule has 0 aliphatic carbocycles. The van der Waals surface area contributed by atoms with Gasteiger partial charge in [-0.2, -0.15) is 0 Å². The van der Waals surface area contributed by atoms with Crippen LogP contribution in [-0.4, -0.2) is 48.8 Å². The molecule has 6 nitrogen and oxygen atoms in total. The Hall–Kier alpha value is -2.37. The van der Waals surface area contributed by atoms with Crippen molar-refractivity contribution in [3.8, 4) is 0 Å². The number of hydrogen-bond donors (Lipinski definition) is 2. The van der Waals surface area contributed by atoms with Gasteiger partial charge in [0, 0.05) is 20.0 Å². The molecule has 0 bridgehead atoms. The lowest BCUT2D eigenvalue weighted by Crippen LogP contribution is -2.43. The van der Waals surface area contributed by atoms with Gasteiger partial charge >= 0.3 is 0 Å². The van der Waals surface area contributed by atoms with E-state index in [1.807, 2.05) is 23.1 Å². The molecule has 2 rings (SSSR count). The number of rotatable bonds is 5. The third kappa shape index (κ3) is 5.68. The summed E-state index contributed by atoms with van der Waals surface area (Å²) >= 11 is 0. The predicted molar refractivity (Wildman–Crippen MR) is 91.3 cm³/mol. The van der Waals surface area contributed by atoms with Gasteiger partial charge in [-0.3, -0.25) is 14.4 Å². The van der Waals surface area contributed by atoms with Gasteiger partial charge in [-0.05, 0) is 30.7 Å². The van der Waals surface area contributed by atoms with E-state index in [9.17, 15) is 14.4 Å². The Morgan fingerprint density at radius 3 is 2.50 bits per heavy atom. The van der Waals surface area contributed by atoms with Crippen molar-refractivity contribution in [1.29, 1.82) is 0 Å². The Labute approximate surface area is 142 Å². The van der Waals surface area contributed by atoms with E-state index in [4.69, 9.17) is 0 Å². The molecule has 1 fully saturated rings. The van der Waals surface area contributed by atoms with E-state index in [1.54, 1.807) is 0 Å². The summed E-state index contributed by atoms with van der Waals surface area (Å²) < 4.78 is 0. The maximum absolute atomic E-state index is 12.3. The van der Waals surface area contributed by atoms with Crippen molar-refractivity contribution in [2.75, 3.05) is 26.2 Å². The standard InChI is InChI=1S/C18H25N3O3/c1-14(22)19-12-17(23)20-13-18(24)21-10-5-8-16(9-11-21)15-6-3-2-4-7-15/h2-4,6-7,16H,5,8-13H2,1H3,(H,19,22)(H,20,23). The largest absolute Gasteiger partial charge is 0.347 e. The maximum atomic E-state index is 12.3. The summed E-state index contributed by atoms with van der Waals surface area (Å²) in [6.45, 7) is 2.66. The average Bonchev–Trinajstić information content (AvgIpc) is 2.84. The Bertz CT molecular complexity index is 574. The lowest BCUT2D eigenvalue weighted by Gasteiger charge is -2.21. The monoisotopic (exact) mass is 331 g/mol. The summed E-state index contributed by atoms with van der Waals surface area (Å²) in [7, 11) is 0. The van der Waals surface area contributed by atoms with E-state index < -0.39 is 0 Å². The molecule has 1 unspecified atom stereocenters. The summed E-state index contributed by atoms with van der Waals surface area (Å²) in [5.41, 5.74) is 1.33. The van der Waals surface area contributed by atoms with Gasteiger partial charge in [0.1, 0.15) is 0 Å². The molecule has 1 saturated heterocycles. The lowest BCUT2D eigenvalue weighted by molar-refractivity contribution is -0.132. The fourth-order valence-electron chi connectivity index (χ4n) is 2.96. The van der Waals surface area contributed by atoms with Crippen molar-refractivity contribution in [1.82, 2.24) is 15.5 Å². The highest BCUT2D eigenvalue weighted by Crippen LogP contribution is 2.27. The first kappa shape index (κ1) is 18.0. The molecule has 1 heterocycles. The Balaban J connectivity index is 1.77. The zero-order valence-electron chi connectivity index (χ0n) is 14.1. The summed E-state index contributed by atoms with van der Waals surface area (Å²) in [5.74, 6) is -0.204. The smallest absolute Gasteiger partial charge is 0.241 e. The van der Waals surface area contributed by atoms with Gasteiger partial charge in [0.05, 0.1) is 13.1 Å². The van der Waals surface area contributed by atoms with Gasteiger partial charge in [-0.1, -0.05) is 30.3 Å². The SMILES string of the molecule is CC(=O)NCC(=O)NCC(=O)N1CCCC(c2ccccc2)CC1. The molecule has 0 spiro atoms. The highest BCUT2D eigenvalue weighted by molar-refractivity contribution is 5.87. The van der Waals surface area contributed by atoms with Crippen molar-refractivity contribution >= 4 is 17.7 Å². The van der Waals surface area contributed by atoms with Crippen molar-refractivity contribution in [2.24, 2.45) is 0 Å². The maximum Gasteiger partial charge on any atom is 0.241 e. The summed E-state index contributed by atoms with van der Waals surface area (Å²) in [4.78, 5) is 36.4. The van der Waals surface area contributed by atoms with Gasteiger partial charge in [-0.25, -0.2) is 0 Å². The molecule has 3 amide bonds. The third-order valence-electron chi connectivity index (χ3n) is 4.29. The molecule has 24 heavy (non-hydrogen) atoms. The molecule has 0 radical (unpaired) electrons. The molecule has 6 heteroatoms. The van der Waals surface area contributed by atoms with Crippen LogP contribution in [0, 0.1) is 0 Å². The fourth-order valence-corrected chi connectivity index (χ4v) is 2.96. The van der Waals surface area contributed by atoms with Crippen LogP contribution in [0.5, 0.6) is 0 Å². The number of nitrogens with one attached hydrogen (secondary N) is 2. The van der Waals surface area contributed by atoms with E-state index in [1.165, 1.54) is 12.5 Å². The molecule has 1 aliphatic heterocycles. The minimum Gasteiger partial charge on any atom is -0.347 e. The van der Waals surface area contributed by atoms with Crippen molar-refractivity contribution in [2.45, 2.75) is 32.1 Å². The average molecular weight is 331 g/mol. The second kappa shape index (κ2) is 9.05. The minimum absolute atomic E-state index is 0.0194. The van der Waals surface area contributed by atoms with Crippen LogP contribution in [0.1, 0.15) is 37.7 Å². The minimum atomic E-state index is -0.351. The molecular formula is C18H25N3O3. The molecule has 1 aliphatic rings. The van der Waals surface area contributed by atoms with Crippen LogP contribution in [0.4, 0.5) is 0 Å². The van der Waals surface area contributed by atoms with Gasteiger partial charge in [-0.15, -0.1) is 0 Å². The van der Waals surface area contributed by atoms with Crippen molar-refractivity contribution in [3.63, 3.8) is 0 Å². The first-order valence-corrected chi connectivity index (χ1v) is 8.40. The summed E-state index contributed by atoms with van der Waals surface area (Å²) in [6.07, 6.45) is 2.98. The highest BCUT2D eigenvalue weighted by Gasteiger charge is 2.21. The van der Waals surface area contributed by atoms with Crippen LogP contribution in [0.25, 0.3) is 0 Å². The number of carbonyl (C=O) groups is 3. The number of likely N-dealkylation sites (tertiary alicyclic amines) is 1. The van der Waals surface area contributed by atoms with Crippen LogP contribution >= 0.6 is 0 Å². The zero-order valence-corrected chi connectivity index (χ0v) is 14.1. The second-order valence-corrected chi connectivity index (χ2v) is 6.11. The number of nitrogens with zero attached hydrogens (tertiary/aromatic N) is 1. The van der Waals surface area contributed by atoms with Crippen molar-refractivity contribution < 1.29 is 14.4 Å². The van der Waals surface area contributed by atoms with Gasteiger partial charge in [0.15, 0.2) is 0 Å². The second-order valence-electron chi connectivity index (χ2n) is 6.11. The van der Waals surface area contributed by atoms with Crippen LogP contribution in [-0.2, 0) is 14.4 Å². The number of carbonyl (C=O) groups excluding carboxylic acids is 3. The van der Waals surface area contributed by atoms with E-state index >= 15 is 0 Å². The number of amides is 3. The first-order valence-electron chi connectivity index (χ1n) is 8.40. The summed E-state index contributed by atoms with van der Waals surface area (Å²) in [6, 6.07) is 10.4. The quantitative estimate of drug-likeness (QED) is 0.846. The topological polar surface area (TPSA) is 78.5 Å². The number of benzene rings is 1. The Kier molecular flexibility index (Phi) is 6.78. The van der Waals surface area contributed by atoms with E-state index in [0.717, 1.165) is 25.8 Å². The van der Waals surface area contributed by atoms with Crippen LogP contribution in [0.2, 0.25) is 0 Å². The van der Waals surface area contributed by atoms with Crippen LogP contribution in [0.3, 0.4) is 0 Å². The predicted octanol–water partition coefficient (Wildman–Crippen LogP) is 1.04. The molecule has 0 aromatic heterocycles. The van der Waals surface area contributed by atoms with Crippen LogP contribution in [0.15, 0.2) is 30.3 Å². The Morgan fingerprint density at radius 1 is 1.04 bits per heavy atom. The van der Waals surface area contributed by atoms with Gasteiger partial charge < -0.3 is 15.5 Å². The zero-order chi connectivity index (χ0) is 17.4. The molecule has 1 atom stereocenters. The van der Waals surface area contributed by atoms with Gasteiger partial charge in [0.25, 0.3) is 0 Å². The van der Waals surface area contributed by atoms with Crippen molar-refractivity contribution in [3.05, 3.63) is 35.9 Å². The lowest BCUT2D eigenvalue weighted by atomic mass is 9.92. The number of hydrogen-bond acceptors (Lipinski definition) is 3. The normalized spacial score (nSPS) is 17.7. The summed E-state index contributed by atoms with van der Waals surface area (Å²) in [5, 5.41) is 4.96. The first-order chi connectivity index (χ1) is 11.6. The highest BCUT2D eigenvalue weighted by atomic mass is 16.2. The molecule has 2 N–H and O–H groups in total. The van der Waals surface area contributed by atoms with Gasteiger partial charge in [0.2, 0.25) is 17.7 Å². The van der Waals surface area contributed by atoms with Crippen LogP contribution < -0.4 is 10.6 Å². The van der Waals surface area contributed by atoms with E-state index in [-0.39, 0.29) is 30.8 Å².